The van der Waals surface area contributed by atoms with Crippen LogP contribution in [-0.2, 0) is 9.47 Å². The Kier molecular flexibility index (Phi) is 6.71. The molecule has 2 saturated carbocycles. The third kappa shape index (κ3) is 5.16. The monoisotopic (exact) mass is 475 g/mol. The summed E-state index contributed by atoms with van der Waals surface area (Å²) in [7, 11) is 0. The van der Waals surface area contributed by atoms with Gasteiger partial charge in [0.15, 0.2) is 0 Å². The molecule has 0 radical (unpaired) electrons. The van der Waals surface area contributed by atoms with Crippen LogP contribution in [0.2, 0.25) is 0 Å². The molecule has 3 fully saturated rings. The molecule has 1 aliphatic heterocycles. The Balaban J connectivity index is 1.36. The van der Waals surface area contributed by atoms with Crippen molar-refractivity contribution in [1.29, 1.82) is 0 Å². The van der Waals surface area contributed by atoms with Crippen LogP contribution in [0.4, 0.5) is 0 Å². The Labute approximate surface area is 208 Å². The summed E-state index contributed by atoms with van der Waals surface area (Å²) in [6, 6.07) is 18.2. The van der Waals surface area contributed by atoms with Crippen LogP contribution in [0.3, 0.4) is 0 Å². The maximum Gasteiger partial charge on any atom is 0.338 e. The van der Waals surface area contributed by atoms with Crippen molar-refractivity contribution in [3.8, 4) is 0 Å². The van der Waals surface area contributed by atoms with Crippen LogP contribution >= 0.6 is 0 Å². The number of carbonyl (C=O) groups is 2. The third-order valence-electron chi connectivity index (χ3n) is 8.49. The topological polar surface area (TPSA) is 55.8 Å². The third-order valence-corrected chi connectivity index (χ3v) is 8.49. The molecule has 35 heavy (non-hydrogen) atoms. The molecule has 5 heteroatoms. The van der Waals surface area contributed by atoms with Crippen LogP contribution < -0.4 is 0 Å². The van der Waals surface area contributed by atoms with Gasteiger partial charge in [-0.05, 0) is 94.4 Å². The van der Waals surface area contributed by atoms with Crippen LogP contribution in [-0.4, -0.2) is 47.7 Å². The standard InChI is InChI=1S/C30H37NO4/c1-30(2,3)31-18-23-15-14-22-16-26(34-28(32)20-10-6-4-7-11-20)27(17-24(22)25(23)19-31)35-29(33)21-12-8-5-9-13-21/h4-13,22-27H,14-19H2,1-3H3. The molecule has 1 heterocycles. The Hall–Kier alpha value is -2.66. The smallest absolute Gasteiger partial charge is 0.338 e. The normalized spacial score (nSPS) is 30.7. The molecule has 3 aliphatic rings. The SMILES string of the molecule is CC(C)(C)N1CC2CCC3CC(OC(=O)c4ccccc4)C(OC(=O)c4ccccc4)CC3C2C1. The molecular weight excluding hydrogens is 438 g/mol. The molecule has 2 aliphatic carbocycles. The van der Waals surface area contributed by atoms with Crippen LogP contribution in [0.1, 0.15) is 67.2 Å². The van der Waals surface area contributed by atoms with Crippen LogP contribution in [0.5, 0.6) is 0 Å². The van der Waals surface area contributed by atoms with E-state index in [1.165, 1.54) is 6.42 Å². The Bertz CT molecular complexity index is 1030. The average molecular weight is 476 g/mol. The van der Waals surface area contributed by atoms with Gasteiger partial charge in [-0.15, -0.1) is 0 Å². The van der Waals surface area contributed by atoms with E-state index in [2.05, 4.69) is 25.7 Å². The van der Waals surface area contributed by atoms with E-state index in [-0.39, 0.29) is 17.5 Å². The van der Waals surface area contributed by atoms with Crippen LogP contribution in [0.15, 0.2) is 60.7 Å². The van der Waals surface area contributed by atoms with Crippen molar-refractivity contribution in [1.82, 2.24) is 4.90 Å². The number of nitrogens with zero attached hydrogens (tertiary/aromatic N) is 1. The summed E-state index contributed by atoms with van der Waals surface area (Å²) < 4.78 is 12.1. The van der Waals surface area contributed by atoms with E-state index in [1.54, 1.807) is 24.3 Å². The minimum absolute atomic E-state index is 0.161. The molecule has 5 nitrogen and oxygen atoms in total. The largest absolute Gasteiger partial charge is 0.455 e. The van der Waals surface area contributed by atoms with Crippen LogP contribution in [0.25, 0.3) is 0 Å². The van der Waals surface area contributed by atoms with E-state index in [0.717, 1.165) is 32.4 Å². The number of esters is 2. The number of rotatable bonds is 4. The van der Waals surface area contributed by atoms with E-state index in [1.807, 2.05) is 36.4 Å². The molecule has 0 bridgehead atoms. The molecule has 0 N–H and O–H groups in total. The summed E-state index contributed by atoms with van der Waals surface area (Å²) in [6.45, 7) is 9.14. The van der Waals surface area contributed by atoms with Crippen molar-refractivity contribution >= 4 is 11.9 Å². The summed E-state index contributed by atoms with van der Waals surface area (Å²) in [5, 5.41) is 0. The van der Waals surface area contributed by atoms with E-state index in [0.29, 0.717) is 34.8 Å². The molecule has 6 unspecified atom stereocenters. The summed E-state index contributed by atoms with van der Waals surface area (Å²) in [6.07, 6.45) is 3.05. The highest BCUT2D eigenvalue weighted by Gasteiger charge is 2.51. The van der Waals surface area contributed by atoms with Gasteiger partial charge in [-0.25, -0.2) is 9.59 Å². The molecule has 0 aromatic heterocycles. The molecule has 0 spiro atoms. The van der Waals surface area contributed by atoms with Gasteiger partial charge in [0.05, 0.1) is 11.1 Å². The molecule has 1 saturated heterocycles. The second-order valence-corrected chi connectivity index (χ2v) is 11.6. The van der Waals surface area contributed by atoms with Crippen LogP contribution in [0, 0.1) is 23.7 Å². The van der Waals surface area contributed by atoms with E-state index in [4.69, 9.17) is 9.47 Å². The minimum Gasteiger partial charge on any atom is -0.455 e. The number of benzene rings is 2. The molecule has 186 valence electrons. The number of hydrogen-bond acceptors (Lipinski definition) is 5. The summed E-state index contributed by atoms with van der Waals surface area (Å²) in [5.41, 5.74) is 1.22. The van der Waals surface area contributed by atoms with Crippen molar-refractivity contribution in [2.24, 2.45) is 23.7 Å². The first-order valence-electron chi connectivity index (χ1n) is 13.1. The summed E-state index contributed by atoms with van der Waals surface area (Å²) >= 11 is 0. The van der Waals surface area contributed by atoms with Crippen molar-refractivity contribution < 1.29 is 19.1 Å². The van der Waals surface area contributed by atoms with E-state index < -0.39 is 12.2 Å². The number of carbonyl (C=O) groups excluding carboxylic acids is 2. The van der Waals surface area contributed by atoms with E-state index >= 15 is 0 Å². The Morgan fingerprint density at radius 2 is 1.23 bits per heavy atom. The van der Waals surface area contributed by atoms with Crippen molar-refractivity contribution in [3.63, 3.8) is 0 Å². The maximum absolute atomic E-state index is 13.0. The number of likely N-dealkylation sites (tertiary alicyclic amines) is 1. The zero-order chi connectivity index (χ0) is 24.6. The first-order chi connectivity index (χ1) is 16.8. The molecule has 5 rings (SSSR count). The predicted molar refractivity (Wildman–Crippen MR) is 135 cm³/mol. The number of fused-ring (bicyclic) bond motifs is 3. The van der Waals surface area contributed by atoms with Gasteiger partial charge < -0.3 is 9.47 Å². The van der Waals surface area contributed by atoms with E-state index in [9.17, 15) is 9.59 Å². The highest BCUT2D eigenvalue weighted by molar-refractivity contribution is 5.90. The fourth-order valence-electron chi connectivity index (χ4n) is 6.56. The number of hydrogen-bond donors (Lipinski definition) is 0. The lowest BCUT2D eigenvalue weighted by Crippen LogP contribution is -2.49. The van der Waals surface area contributed by atoms with Crippen molar-refractivity contribution in [2.75, 3.05) is 13.1 Å². The van der Waals surface area contributed by atoms with Crippen molar-refractivity contribution in [2.45, 2.75) is 64.2 Å². The molecule has 6 atom stereocenters. The second kappa shape index (κ2) is 9.77. The molecule has 2 aromatic rings. The van der Waals surface area contributed by atoms with Gasteiger partial charge >= 0.3 is 11.9 Å². The van der Waals surface area contributed by atoms with Gasteiger partial charge in [0.2, 0.25) is 0 Å². The van der Waals surface area contributed by atoms with Gasteiger partial charge in [0, 0.05) is 18.6 Å². The van der Waals surface area contributed by atoms with Gasteiger partial charge in [-0.1, -0.05) is 36.4 Å². The quantitative estimate of drug-likeness (QED) is 0.539. The first kappa shape index (κ1) is 24.1. The summed E-state index contributed by atoms with van der Waals surface area (Å²) in [4.78, 5) is 28.6. The highest BCUT2D eigenvalue weighted by Crippen LogP contribution is 2.51. The lowest BCUT2D eigenvalue weighted by molar-refractivity contribution is -0.0927. The lowest BCUT2D eigenvalue weighted by atomic mass is 9.61. The van der Waals surface area contributed by atoms with Gasteiger partial charge in [-0.3, -0.25) is 4.90 Å². The lowest BCUT2D eigenvalue weighted by Gasteiger charge is -2.47. The Morgan fingerprint density at radius 1 is 0.714 bits per heavy atom. The molecule has 2 aromatic carbocycles. The van der Waals surface area contributed by atoms with Crippen molar-refractivity contribution in [3.05, 3.63) is 71.8 Å². The average Bonchev–Trinajstić information content (AvgIpc) is 3.31. The minimum atomic E-state index is -0.431. The first-order valence-corrected chi connectivity index (χ1v) is 13.1. The zero-order valence-electron chi connectivity index (χ0n) is 21.1. The fraction of sp³-hybridized carbons (Fsp3) is 0.533. The molecule has 0 amide bonds. The van der Waals surface area contributed by atoms with Gasteiger partial charge in [-0.2, -0.15) is 0 Å². The predicted octanol–water partition coefficient (Wildman–Crippen LogP) is 5.60. The number of ether oxygens (including phenoxy) is 2. The highest BCUT2D eigenvalue weighted by atomic mass is 16.6. The zero-order valence-corrected chi connectivity index (χ0v) is 21.1. The summed E-state index contributed by atoms with van der Waals surface area (Å²) in [5.74, 6) is 1.60. The fourth-order valence-corrected chi connectivity index (χ4v) is 6.56. The maximum atomic E-state index is 13.0. The molecular formula is C30H37NO4. The van der Waals surface area contributed by atoms with Gasteiger partial charge in [0.1, 0.15) is 12.2 Å². The van der Waals surface area contributed by atoms with Gasteiger partial charge in [0.25, 0.3) is 0 Å². The second-order valence-electron chi connectivity index (χ2n) is 11.6. The Morgan fingerprint density at radius 3 is 1.77 bits per heavy atom.